The number of hydrogen-bond acceptors (Lipinski definition) is 5. The van der Waals surface area contributed by atoms with Crippen LogP contribution in [0, 0.1) is 0 Å². The maximum absolute atomic E-state index is 11.8. The van der Waals surface area contributed by atoms with E-state index in [4.69, 9.17) is 4.74 Å². The molecule has 1 aromatic heterocycles. The molecule has 0 aliphatic heterocycles. The van der Waals surface area contributed by atoms with Crippen LogP contribution in [0.15, 0.2) is 16.3 Å². The summed E-state index contributed by atoms with van der Waals surface area (Å²) in [6, 6.07) is 1.69. The van der Waals surface area contributed by atoms with E-state index in [2.05, 4.69) is 10.0 Å². The van der Waals surface area contributed by atoms with Gasteiger partial charge in [-0.3, -0.25) is 0 Å². The molecule has 0 bridgehead atoms. The summed E-state index contributed by atoms with van der Waals surface area (Å²) in [4.78, 5) is 1.34. The molecule has 0 aliphatic rings. The molecule has 0 fully saturated rings. The third kappa shape index (κ3) is 4.72. The molecule has 0 saturated heterocycles. The fourth-order valence-electron chi connectivity index (χ4n) is 1.27. The van der Waals surface area contributed by atoms with E-state index in [-0.39, 0.29) is 0 Å². The van der Waals surface area contributed by atoms with Crippen LogP contribution in [0.3, 0.4) is 0 Å². The molecule has 1 heterocycles. The number of hydrogen-bond donors (Lipinski definition) is 2. The minimum Gasteiger partial charge on any atom is -0.385 e. The first-order valence-corrected chi connectivity index (χ1v) is 7.67. The molecule has 0 aliphatic carbocycles. The molecule has 0 aromatic carbocycles. The number of methoxy groups -OCH3 is 1. The van der Waals surface area contributed by atoms with Crippen LogP contribution in [0.1, 0.15) is 11.3 Å². The molecular weight excluding hydrogens is 260 g/mol. The number of ether oxygens (including phenoxy) is 1. The van der Waals surface area contributed by atoms with Gasteiger partial charge in [0.25, 0.3) is 0 Å². The SMILES string of the molecule is CNCc1cc(S(=O)(=O)NCCCOC)cs1. The van der Waals surface area contributed by atoms with Crippen molar-refractivity contribution < 1.29 is 13.2 Å². The van der Waals surface area contributed by atoms with E-state index >= 15 is 0 Å². The summed E-state index contributed by atoms with van der Waals surface area (Å²) in [6.45, 7) is 1.63. The lowest BCUT2D eigenvalue weighted by Gasteiger charge is -2.04. The van der Waals surface area contributed by atoms with Crippen molar-refractivity contribution in [2.24, 2.45) is 0 Å². The van der Waals surface area contributed by atoms with E-state index < -0.39 is 10.0 Å². The molecule has 7 heteroatoms. The number of thiophene rings is 1. The van der Waals surface area contributed by atoms with Crippen LogP contribution >= 0.6 is 11.3 Å². The fraction of sp³-hybridized carbons (Fsp3) is 0.600. The second-order valence-corrected chi connectivity index (χ2v) is 6.29. The first-order valence-electron chi connectivity index (χ1n) is 5.31. The van der Waals surface area contributed by atoms with Gasteiger partial charge in [0.15, 0.2) is 0 Å². The first-order chi connectivity index (χ1) is 8.10. The molecule has 1 aromatic rings. The van der Waals surface area contributed by atoms with Gasteiger partial charge in [0.2, 0.25) is 10.0 Å². The van der Waals surface area contributed by atoms with Crippen molar-refractivity contribution in [2.75, 3.05) is 27.3 Å². The van der Waals surface area contributed by atoms with E-state index in [1.807, 2.05) is 7.05 Å². The lowest BCUT2D eigenvalue weighted by atomic mass is 10.5. The van der Waals surface area contributed by atoms with Crippen molar-refractivity contribution in [2.45, 2.75) is 17.9 Å². The maximum atomic E-state index is 11.8. The zero-order valence-corrected chi connectivity index (χ0v) is 11.7. The van der Waals surface area contributed by atoms with Crippen molar-refractivity contribution in [1.82, 2.24) is 10.0 Å². The molecule has 2 N–H and O–H groups in total. The molecule has 17 heavy (non-hydrogen) atoms. The zero-order chi connectivity index (χ0) is 12.7. The van der Waals surface area contributed by atoms with Gasteiger partial charge in [-0.05, 0) is 19.5 Å². The molecule has 0 radical (unpaired) electrons. The molecule has 0 unspecified atom stereocenters. The van der Waals surface area contributed by atoms with Gasteiger partial charge < -0.3 is 10.1 Å². The largest absolute Gasteiger partial charge is 0.385 e. The number of rotatable bonds is 8. The van der Waals surface area contributed by atoms with E-state index in [1.165, 1.54) is 11.3 Å². The standard InChI is InChI=1S/C10H18N2O3S2/c1-11-7-9-6-10(8-16-9)17(13,14)12-4-3-5-15-2/h6,8,11-12H,3-5,7H2,1-2H3. The van der Waals surface area contributed by atoms with Gasteiger partial charge in [-0.1, -0.05) is 0 Å². The van der Waals surface area contributed by atoms with Crippen LogP contribution in [-0.2, 0) is 21.3 Å². The van der Waals surface area contributed by atoms with Gasteiger partial charge >= 0.3 is 0 Å². The second kappa shape index (κ2) is 7.07. The quantitative estimate of drug-likeness (QED) is 0.690. The first kappa shape index (κ1) is 14.6. The Kier molecular flexibility index (Phi) is 6.07. The van der Waals surface area contributed by atoms with E-state index in [1.54, 1.807) is 18.6 Å². The smallest absolute Gasteiger partial charge is 0.241 e. The van der Waals surface area contributed by atoms with Gasteiger partial charge in [-0.15, -0.1) is 11.3 Å². The van der Waals surface area contributed by atoms with Crippen LogP contribution in [0.2, 0.25) is 0 Å². The molecule has 98 valence electrons. The molecule has 0 spiro atoms. The van der Waals surface area contributed by atoms with Crippen molar-refractivity contribution in [3.63, 3.8) is 0 Å². The topological polar surface area (TPSA) is 67.4 Å². The summed E-state index contributed by atoms with van der Waals surface area (Å²) in [6.07, 6.45) is 0.670. The third-order valence-electron chi connectivity index (χ3n) is 2.11. The van der Waals surface area contributed by atoms with Crippen LogP contribution in [0.4, 0.5) is 0 Å². The summed E-state index contributed by atoms with van der Waals surface area (Å²) >= 11 is 1.44. The third-order valence-corrected chi connectivity index (χ3v) is 4.63. The number of sulfonamides is 1. The van der Waals surface area contributed by atoms with Crippen molar-refractivity contribution in [3.8, 4) is 0 Å². The molecule has 0 atom stereocenters. The van der Waals surface area contributed by atoms with Crippen molar-refractivity contribution in [3.05, 3.63) is 16.3 Å². The van der Waals surface area contributed by atoms with E-state index in [9.17, 15) is 8.42 Å². The van der Waals surface area contributed by atoms with Crippen LogP contribution < -0.4 is 10.0 Å². The van der Waals surface area contributed by atoms with Gasteiger partial charge in [-0.25, -0.2) is 13.1 Å². The van der Waals surface area contributed by atoms with E-state index in [0.717, 1.165) is 4.88 Å². The lowest BCUT2D eigenvalue weighted by molar-refractivity contribution is 0.196. The minimum atomic E-state index is -3.36. The highest BCUT2D eigenvalue weighted by atomic mass is 32.2. The summed E-state index contributed by atoms with van der Waals surface area (Å²) < 4.78 is 31.1. The Balaban J connectivity index is 2.56. The Morgan fingerprint density at radius 1 is 1.47 bits per heavy atom. The van der Waals surface area contributed by atoms with Gasteiger partial charge in [0.1, 0.15) is 0 Å². The average Bonchev–Trinajstić information content (AvgIpc) is 2.74. The van der Waals surface area contributed by atoms with Gasteiger partial charge in [0.05, 0.1) is 4.90 Å². The Morgan fingerprint density at radius 2 is 2.24 bits per heavy atom. The predicted octanol–water partition coefficient (Wildman–Crippen LogP) is 0.782. The lowest BCUT2D eigenvalue weighted by Crippen LogP contribution is -2.25. The van der Waals surface area contributed by atoms with Crippen LogP contribution in [-0.4, -0.2) is 35.7 Å². The Bertz CT molecular complexity index is 429. The summed E-state index contributed by atoms with van der Waals surface area (Å²) in [7, 11) is 0.0638. The predicted molar refractivity (Wildman–Crippen MR) is 68.8 cm³/mol. The highest BCUT2D eigenvalue weighted by Crippen LogP contribution is 2.18. The van der Waals surface area contributed by atoms with Gasteiger partial charge in [-0.2, -0.15) is 0 Å². The fourth-order valence-corrected chi connectivity index (χ4v) is 3.64. The summed E-state index contributed by atoms with van der Waals surface area (Å²) in [5, 5.41) is 4.65. The van der Waals surface area contributed by atoms with Crippen LogP contribution in [0.25, 0.3) is 0 Å². The molecule has 5 nitrogen and oxygen atoms in total. The van der Waals surface area contributed by atoms with Crippen molar-refractivity contribution >= 4 is 21.4 Å². The van der Waals surface area contributed by atoms with Gasteiger partial charge in [0, 0.05) is 37.1 Å². The summed E-state index contributed by atoms with van der Waals surface area (Å²) in [5.74, 6) is 0. The molecule has 0 amide bonds. The second-order valence-electron chi connectivity index (χ2n) is 3.52. The highest BCUT2D eigenvalue weighted by Gasteiger charge is 2.15. The Hall–Kier alpha value is -0.470. The minimum absolute atomic E-state index is 0.338. The molecule has 1 rings (SSSR count). The number of nitrogens with one attached hydrogen (secondary N) is 2. The zero-order valence-electron chi connectivity index (χ0n) is 10.0. The monoisotopic (exact) mass is 278 g/mol. The molecular formula is C10H18N2O3S2. The normalized spacial score (nSPS) is 11.9. The highest BCUT2D eigenvalue weighted by molar-refractivity contribution is 7.89. The van der Waals surface area contributed by atoms with Crippen molar-refractivity contribution in [1.29, 1.82) is 0 Å². The van der Waals surface area contributed by atoms with E-state index in [0.29, 0.717) is 31.0 Å². The van der Waals surface area contributed by atoms with Crippen LogP contribution in [0.5, 0.6) is 0 Å². The maximum Gasteiger partial charge on any atom is 0.241 e. The average molecular weight is 278 g/mol. The Labute approximate surface area is 106 Å². The Morgan fingerprint density at radius 3 is 2.88 bits per heavy atom. The molecule has 0 saturated carbocycles. The summed E-state index contributed by atoms with van der Waals surface area (Å²) in [5.41, 5.74) is 0.